The topological polar surface area (TPSA) is 85.9 Å². The van der Waals surface area contributed by atoms with Gasteiger partial charge in [0.2, 0.25) is 0 Å². The number of ether oxygens (including phenoxy) is 3. The van der Waals surface area contributed by atoms with Gasteiger partial charge in [-0.25, -0.2) is 0 Å². The van der Waals surface area contributed by atoms with Gasteiger partial charge in [0.15, 0.2) is 17.1 Å². The molecule has 0 unspecified atom stereocenters. The Labute approximate surface area is 175 Å². The van der Waals surface area contributed by atoms with E-state index in [1.807, 2.05) is 13.8 Å². The highest BCUT2D eigenvalue weighted by Gasteiger charge is 2.30. The Kier molecular flexibility index (Phi) is 7.73. The fourth-order valence-corrected chi connectivity index (χ4v) is 2.50. The lowest BCUT2D eigenvalue weighted by molar-refractivity contribution is -0.135. The van der Waals surface area contributed by atoms with E-state index in [4.69, 9.17) is 25.8 Å². The Morgan fingerprint density at radius 2 is 1.55 bits per heavy atom. The predicted octanol–water partition coefficient (Wildman–Crippen LogP) is 3.76. The Balaban J connectivity index is 2.00. The van der Waals surface area contributed by atoms with Crippen LogP contribution in [0.4, 0.5) is 0 Å². The van der Waals surface area contributed by atoms with Crippen molar-refractivity contribution < 1.29 is 23.8 Å². The van der Waals surface area contributed by atoms with Crippen LogP contribution in [0.1, 0.15) is 38.1 Å². The quantitative estimate of drug-likeness (QED) is 0.635. The summed E-state index contributed by atoms with van der Waals surface area (Å²) in [7, 11) is 0. The first-order chi connectivity index (χ1) is 13.8. The maximum absolute atomic E-state index is 12.5. The lowest BCUT2D eigenvalue weighted by atomic mass is 10.1. The van der Waals surface area contributed by atoms with Gasteiger partial charge in [0.05, 0.1) is 13.2 Å². The first kappa shape index (κ1) is 22.4. The van der Waals surface area contributed by atoms with Crippen LogP contribution in [0.15, 0.2) is 42.5 Å². The molecule has 2 amide bonds. The zero-order valence-corrected chi connectivity index (χ0v) is 17.6. The third-order valence-electron chi connectivity index (χ3n) is 3.83. The summed E-state index contributed by atoms with van der Waals surface area (Å²) >= 11 is 5.85. The molecule has 7 nitrogen and oxygen atoms in total. The van der Waals surface area contributed by atoms with Crippen LogP contribution in [0, 0.1) is 0 Å². The van der Waals surface area contributed by atoms with Crippen LogP contribution in [0.25, 0.3) is 0 Å². The summed E-state index contributed by atoms with van der Waals surface area (Å²) in [5.41, 5.74) is 3.85. The highest BCUT2D eigenvalue weighted by atomic mass is 35.5. The zero-order valence-electron chi connectivity index (χ0n) is 16.9. The second kappa shape index (κ2) is 10.0. The average molecular weight is 421 g/mol. The molecule has 0 atom stereocenters. The summed E-state index contributed by atoms with van der Waals surface area (Å²) in [4.78, 5) is 24.9. The molecule has 0 bridgehead atoms. The third kappa shape index (κ3) is 6.29. The monoisotopic (exact) mass is 420 g/mol. The largest absolute Gasteiger partial charge is 0.490 e. The number of amides is 2. The van der Waals surface area contributed by atoms with Crippen LogP contribution in [0.2, 0.25) is 5.02 Å². The molecule has 0 fully saturated rings. The number of rotatable bonds is 8. The van der Waals surface area contributed by atoms with Crippen molar-refractivity contribution in [2.24, 2.45) is 0 Å². The maximum Gasteiger partial charge on any atom is 0.281 e. The van der Waals surface area contributed by atoms with Crippen LogP contribution in [0.3, 0.4) is 0 Å². The van der Waals surface area contributed by atoms with Gasteiger partial charge in [-0.2, -0.15) is 0 Å². The van der Waals surface area contributed by atoms with Gasteiger partial charge in [-0.05, 0) is 70.2 Å². The molecule has 156 valence electrons. The molecule has 0 saturated heterocycles. The van der Waals surface area contributed by atoms with E-state index in [0.29, 0.717) is 41.0 Å². The molecule has 0 heterocycles. The lowest BCUT2D eigenvalue weighted by Gasteiger charge is -2.25. The standard InChI is InChI=1S/C21H25ClN2O5/c1-5-27-17-12-7-14(13-18(17)28-6-2)19(25)23-24-20(26)21(3,4)29-16-10-8-15(22)9-11-16/h7-13H,5-6H2,1-4H3,(H,23,25)(H,24,26). The fraction of sp³-hybridized carbons (Fsp3) is 0.333. The van der Waals surface area contributed by atoms with E-state index in [9.17, 15) is 9.59 Å². The fourth-order valence-electron chi connectivity index (χ4n) is 2.37. The summed E-state index contributed by atoms with van der Waals surface area (Å²) in [5.74, 6) is 0.474. The number of carbonyl (C=O) groups is 2. The normalized spacial score (nSPS) is 10.8. The van der Waals surface area contributed by atoms with E-state index < -0.39 is 17.4 Å². The molecule has 0 aliphatic heterocycles. The van der Waals surface area contributed by atoms with E-state index in [-0.39, 0.29) is 0 Å². The summed E-state index contributed by atoms with van der Waals surface area (Å²) in [6.45, 7) is 7.79. The van der Waals surface area contributed by atoms with Crippen molar-refractivity contribution in [2.75, 3.05) is 13.2 Å². The van der Waals surface area contributed by atoms with E-state index in [0.717, 1.165) is 0 Å². The van der Waals surface area contributed by atoms with Crippen LogP contribution < -0.4 is 25.1 Å². The number of hydrazine groups is 1. The zero-order chi connectivity index (χ0) is 21.4. The first-order valence-electron chi connectivity index (χ1n) is 9.21. The maximum atomic E-state index is 12.5. The van der Waals surface area contributed by atoms with Gasteiger partial charge in [0.1, 0.15) is 5.75 Å². The van der Waals surface area contributed by atoms with Gasteiger partial charge in [0.25, 0.3) is 11.8 Å². The van der Waals surface area contributed by atoms with Gasteiger partial charge >= 0.3 is 0 Å². The minimum absolute atomic E-state index is 0.314. The molecular weight excluding hydrogens is 396 g/mol. The highest BCUT2D eigenvalue weighted by molar-refractivity contribution is 6.30. The van der Waals surface area contributed by atoms with Crippen molar-refractivity contribution in [3.05, 3.63) is 53.1 Å². The molecule has 0 aromatic heterocycles. The highest BCUT2D eigenvalue weighted by Crippen LogP contribution is 2.28. The number of carbonyl (C=O) groups excluding carboxylic acids is 2. The predicted molar refractivity (Wildman–Crippen MR) is 111 cm³/mol. The molecule has 2 N–H and O–H groups in total. The van der Waals surface area contributed by atoms with Crippen molar-refractivity contribution >= 4 is 23.4 Å². The summed E-state index contributed by atoms with van der Waals surface area (Å²) < 4.78 is 16.7. The van der Waals surface area contributed by atoms with Crippen LogP contribution in [-0.4, -0.2) is 30.6 Å². The molecule has 8 heteroatoms. The summed E-state index contributed by atoms with van der Waals surface area (Å²) in [5, 5.41) is 0.564. The minimum atomic E-state index is -1.23. The first-order valence-corrected chi connectivity index (χ1v) is 9.59. The molecule has 0 radical (unpaired) electrons. The van der Waals surface area contributed by atoms with Crippen LogP contribution in [-0.2, 0) is 4.79 Å². The molecule has 0 spiro atoms. The molecule has 2 aromatic carbocycles. The smallest absolute Gasteiger partial charge is 0.281 e. The minimum Gasteiger partial charge on any atom is -0.490 e. The lowest BCUT2D eigenvalue weighted by Crippen LogP contribution is -2.53. The summed E-state index contributed by atoms with van der Waals surface area (Å²) in [6.07, 6.45) is 0. The Morgan fingerprint density at radius 3 is 2.17 bits per heavy atom. The third-order valence-corrected chi connectivity index (χ3v) is 4.08. The van der Waals surface area contributed by atoms with E-state index >= 15 is 0 Å². The Morgan fingerprint density at radius 1 is 0.931 bits per heavy atom. The second-order valence-corrected chi connectivity index (χ2v) is 6.94. The molecule has 0 saturated carbocycles. The second-order valence-electron chi connectivity index (χ2n) is 6.50. The Bertz CT molecular complexity index is 853. The Hall–Kier alpha value is -2.93. The van der Waals surface area contributed by atoms with Gasteiger partial charge in [0, 0.05) is 10.6 Å². The van der Waals surface area contributed by atoms with Crippen molar-refractivity contribution in [2.45, 2.75) is 33.3 Å². The summed E-state index contributed by atoms with van der Waals surface area (Å²) in [6, 6.07) is 11.4. The van der Waals surface area contributed by atoms with Gasteiger partial charge in [-0.15, -0.1) is 0 Å². The number of nitrogens with one attached hydrogen (secondary N) is 2. The van der Waals surface area contributed by atoms with Gasteiger partial charge in [-0.1, -0.05) is 11.6 Å². The van der Waals surface area contributed by atoms with Crippen molar-refractivity contribution in [3.8, 4) is 17.2 Å². The SMILES string of the molecule is CCOc1ccc(C(=O)NNC(=O)C(C)(C)Oc2ccc(Cl)cc2)cc1OCC. The average Bonchev–Trinajstić information content (AvgIpc) is 2.69. The molecule has 0 aliphatic carbocycles. The van der Waals surface area contributed by atoms with Gasteiger partial charge < -0.3 is 14.2 Å². The number of halogens is 1. The van der Waals surface area contributed by atoms with E-state index in [1.165, 1.54) is 0 Å². The number of benzene rings is 2. The van der Waals surface area contributed by atoms with Crippen molar-refractivity contribution in [3.63, 3.8) is 0 Å². The van der Waals surface area contributed by atoms with Crippen LogP contribution in [0.5, 0.6) is 17.2 Å². The van der Waals surface area contributed by atoms with E-state index in [1.54, 1.807) is 56.3 Å². The van der Waals surface area contributed by atoms with Crippen LogP contribution >= 0.6 is 11.6 Å². The molecule has 29 heavy (non-hydrogen) atoms. The molecule has 0 aliphatic rings. The van der Waals surface area contributed by atoms with Crippen molar-refractivity contribution in [1.29, 1.82) is 0 Å². The number of hydrogen-bond donors (Lipinski definition) is 2. The van der Waals surface area contributed by atoms with Gasteiger partial charge in [-0.3, -0.25) is 20.4 Å². The van der Waals surface area contributed by atoms with Crippen molar-refractivity contribution in [1.82, 2.24) is 10.9 Å². The molecule has 2 rings (SSSR count). The molecule has 2 aromatic rings. The number of hydrogen-bond acceptors (Lipinski definition) is 5. The molecular formula is C21H25ClN2O5. The van der Waals surface area contributed by atoms with E-state index in [2.05, 4.69) is 10.9 Å².